The van der Waals surface area contributed by atoms with Gasteiger partial charge in [0.1, 0.15) is 0 Å². The van der Waals surface area contributed by atoms with E-state index in [1.54, 1.807) is 6.07 Å². The SMILES string of the molecule is Cc1cc(C(=O)N2CCc3cccc(N)c3C2)c(C)nn1. The van der Waals surface area contributed by atoms with Crippen molar-refractivity contribution < 1.29 is 4.79 Å². The fourth-order valence-corrected chi connectivity index (χ4v) is 2.72. The van der Waals surface area contributed by atoms with Crippen LogP contribution in [-0.4, -0.2) is 27.5 Å². The number of aryl methyl sites for hydroxylation is 2. The Kier molecular flexibility index (Phi) is 3.33. The number of fused-ring (bicyclic) bond motifs is 1. The molecule has 0 saturated heterocycles. The summed E-state index contributed by atoms with van der Waals surface area (Å²) in [7, 11) is 0. The first-order chi connectivity index (χ1) is 10.1. The molecule has 2 aromatic rings. The lowest BCUT2D eigenvalue weighted by atomic mass is 9.97. The van der Waals surface area contributed by atoms with Crippen molar-refractivity contribution in [2.24, 2.45) is 0 Å². The molecule has 0 spiro atoms. The Hall–Kier alpha value is -2.43. The van der Waals surface area contributed by atoms with E-state index in [2.05, 4.69) is 16.3 Å². The number of carbonyl (C=O) groups excluding carboxylic acids is 1. The molecule has 3 rings (SSSR count). The van der Waals surface area contributed by atoms with Crippen LogP contribution < -0.4 is 5.73 Å². The third kappa shape index (κ3) is 2.46. The molecule has 0 radical (unpaired) electrons. The number of amides is 1. The van der Waals surface area contributed by atoms with Gasteiger partial charge >= 0.3 is 0 Å². The lowest BCUT2D eigenvalue weighted by Gasteiger charge is -2.30. The normalized spacial score (nSPS) is 13.9. The molecule has 0 aliphatic carbocycles. The number of nitrogens with two attached hydrogens (primary N) is 1. The number of benzene rings is 1. The van der Waals surface area contributed by atoms with Crippen molar-refractivity contribution in [1.82, 2.24) is 15.1 Å². The summed E-state index contributed by atoms with van der Waals surface area (Å²) in [4.78, 5) is 14.5. The third-order valence-corrected chi connectivity index (χ3v) is 3.93. The maximum Gasteiger partial charge on any atom is 0.256 e. The van der Waals surface area contributed by atoms with Crippen molar-refractivity contribution in [3.05, 3.63) is 52.3 Å². The van der Waals surface area contributed by atoms with E-state index in [1.165, 1.54) is 5.56 Å². The molecule has 0 atom stereocenters. The first-order valence-electron chi connectivity index (χ1n) is 7.02. The van der Waals surface area contributed by atoms with Gasteiger partial charge in [-0.1, -0.05) is 12.1 Å². The van der Waals surface area contributed by atoms with Gasteiger partial charge in [0.25, 0.3) is 5.91 Å². The first-order valence-corrected chi connectivity index (χ1v) is 7.02. The van der Waals surface area contributed by atoms with E-state index < -0.39 is 0 Å². The molecule has 1 aromatic heterocycles. The van der Waals surface area contributed by atoms with Crippen LogP contribution >= 0.6 is 0 Å². The smallest absolute Gasteiger partial charge is 0.256 e. The van der Waals surface area contributed by atoms with Crippen LogP contribution in [0.1, 0.15) is 32.9 Å². The molecule has 2 heterocycles. The zero-order valence-electron chi connectivity index (χ0n) is 12.3. The molecule has 0 bridgehead atoms. The summed E-state index contributed by atoms with van der Waals surface area (Å²) in [6, 6.07) is 7.73. The second kappa shape index (κ2) is 5.16. The Morgan fingerprint density at radius 1 is 1.29 bits per heavy atom. The number of nitrogen functional groups attached to an aromatic ring is 1. The van der Waals surface area contributed by atoms with Gasteiger partial charge in [-0.3, -0.25) is 4.79 Å². The monoisotopic (exact) mass is 282 g/mol. The van der Waals surface area contributed by atoms with Crippen LogP contribution in [0.15, 0.2) is 24.3 Å². The second-order valence-corrected chi connectivity index (χ2v) is 5.45. The zero-order chi connectivity index (χ0) is 15.0. The summed E-state index contributed by atoms with van der Waals surface area (Å²) in [6.45, 7) is 4.91. The van der Waals surface area contributed by atoms with Crippen LogP contribution in [0.2, 0.25) is 0 Å². The van der Waals surface area contributed by atoms with Gasteiger partial charge in [0.2, 0.25) is 0 Å². The second-order valence-electron chi connectivity index (χ2n) is 5.45. The van der Waals surface area contributed by atoms with Crippen LogP contribution in [-0.2, 0) is 13.0 Å². The molecule has 0 saturated carbocycles. The van der Waals surface area contributed by atoms with Crippen molar-refractivity contribution in [2.45, 2.75) is 26.8 Å². The lowest BCUT2D eigenvalue weighted by molar-refractivity contribution is 0.0733. The fourth-order valence-electron chi connectivity index (χ4n) is 2.72. The molecule has 1 aromatic carbocycles. The molecule has 5 nitrogen and oxygen atoms in total. The highest BCUT2D eigenvalue weighted by molar-refractivity contribution is 5.95. The van der Waals surface area contributed by atoms with Gasteiger partial charge in [0, 0.05) is 18.8 Å². The quantitative estimate of drug-likeness (QED) is 0.811. The first kappa shape index (κ1) is 13.5. The topological polar surface area (TPSA) is 72.1 Å². The maximum absolute atomic E-state index is 12.7. The molecule has 21 heavy (non-hydrogen) atoms. The number of nitrogens with zero attached hydrogens (tertiary/aromatic N) is 3. The van der Waals surface area contributed by atoms with Crippen molar-refractivity contribution in [1.29, 1.82) is 0 Å². The molecule has 108 valence electrons. The van der Waals surface area contributed by atoms with Crippen LogP contribution in [0.25, 0.3) is 0 Å². The van der Waals surface area contributed by atoms with E-state index >= 15 is 0 Å². The van der Waals surface area contributed by atoms with Gasteiger partial charge in [-0.15, -0.1) is 0 Å². The fraction of sp³-hybridized carbons (Fsp3) is 0.312. The van der Waals surface area contributed by atoms with E-state index in [1.807, 2.05) is 30.9 Å². The summed E-state index contributed by atoms with van der Waals surface area (Å²) >= 11 is 0. The molecule has 0 fully saturated rings. The Bertz CT molecular complexity index is 711. The number of hydrogen-bond donors (Lipinski definition) is 1. The van der Waals surface area contributed by atoms with Crippen LogP contribution in [0.4, 0.5) is 5.69 Å². The number of rotatable bonds is 1. The van der Waals surface area contributed by atoms with Crippen molar-refractivity contribution in [3.8, 4) is 0 Å². The summed E-state index contributed by atoms with van der Waals surface area (Å²) in [5, 5.41) is 8.01. The molecule has 1 aliphatic heterocycles. The Labute approximate surface area is 123 Å². The van der Waals surface area contributed by atoms with E-state index in [4.69, 9.17) is 5.73 Å². The summed E-state index contributed by atoms with van der Waals surface area (Å²) in [6.07, 6.45) is 0.836. The molecule has 1 aliphatic rings. The number of anilines is 1. The number of hydrogen-bond acceptors (Lipinski definition) is 4. The summed E-state index contributed by atoms with van der Waals surface area (Å²) < 4.78 is 0. The highest BCUT2D eigenvalue weighted by Crippen LogP contribution is 2.25. The summed E-state index contributed by atoms with van der Waals surface area (Å²) in [5.74, 6) is -0.000553. The number of carbonyl (C=O) groups is 1. The average molecular weight is 282 g/mol. The minimum Gasteiger partial charge on any atom is -0.398 e. The third-order valence-electron chi connectivity index (χ3n) is 3.93. The summed E-state index contributed by atoms with van der Waals surface area (Å²) in [5.41, 5.74) is 11.1. The van der Waals surface area contributed by atoms with Crippen LogP contribution in [0, 0.1) is 13.8 Å². The van der Waals surface area contributed by atoms with Gasteiger partial charge in [0.05, 0.1) is 17.0 Å². The van der Waals surface area contributed by atoms with E-state index in [9.17, 15) is 4.79 Å². The van der Waals surface area contributed by atoms with E-state index in [0.29, 0.717) is 24.3 Å². The molecule has 5 heteroatoms. The van der Waals surface area contributed by atoms with Crippen molar-refractivity contribution in [3.63, 3.8) is 0 Å². The minimum absolute atomic E-state index is 0.000553. The van der Waals surface area contributed by atoms with Gasteiger partial charge in [-0.05, 0) is 43.5 Å². The highest BCUT2D eigenvalue weighted by Gasteiger charge is 2.24. The molecule has 2 N–H and O–H groups in total. The van der Waals surface area contributed by atoms with Crippen LogP contribution in [0.3, 0.4) is 0 Å². The Morgan fingerprint density at radius 2 is 2.10 bits per heavy atom. The lowest BCUT2D eigenvalue weighted by Crippen LogP contribution is -2.36. The predicted octanol–water partition coefficient (Wildman–Crippen LogP) is 1.87. The molecular formula is C16H18N4O. The Morgan fingerprint density at radius 3 is 2.90 bits per heavy atom. The van der Waals surface area contributed by atoms with Gasteiger partial charge in [0.15, 0.2) is 0 Å². The predicted molar refractivity (Wildman–Crippen MR) is 80.8 cm³/mol. The standard InChI is InChI=1S/C16H18N4O/c1-10-8-13(11(2)19-18-10)16(21)20-7-6-12-4-3-5-15(17)14(12)9-20/h3-5,8H,6-7,9,17H2,1-2H3. The van der Waals surface area contributed by atoms with Crippen molar-refractivity contribution >= 4 is 11.6 Å². The molecule has 1 amide bonds. The number of aromatic nitrogens is 2. The van der Waals surface area contributed by atoms with E-state index in [-0.39, 0.29) is 5.91 Å². The minimum atomic E-state index is -0.000553. The Balaban J connectivity index is 1.91. The zero-order valence-corrected chi connectivity index (χ0v) is 12.3. The van der Waals surface area contributed by atoms with Gasteiger partial charge in [-0.25, -0.2) is 0 Å². The van der Waals surface area contributed by atoms with E-state index in [0.717, 1.165) is 23.4 Å². The molecular weight excluding hydrogens is 264 g/mol. The average Bonchev–Trinajstić information content (AvgIpc) is 2.49. The largest absolute Gasteiger partial charge is 0.398 e. The van der Waals surface area contributed by atoms with Crippen molar-refractivity contribution in [2.75, 3.05) is 12.3 Å². The van der Waals surface area contributed by atoms with Gasteiger partial charge in [-0.2, -0.15) is 10.2 Å². The maximum atomic E-state index is 12.7. The molecule has 0 unspecified atom stereocenters. The van der Waals surface area contributed by atoms with Crippen LogP contribution in [0.5, 0.6) is 0 Å². The highest BCUT2D eigenvalue weighted by atomic mass is 16.2. The van der Waals surface area contributed by atoms with Gasteiger partial charge < -0.3 is 10.6 Å².